The Kier molecular flexibility index (Phi) is 9.45. The highest BCUT2D eigenvalue weighted by molar-refractivity contribution is 5.95. The number of likely N-dealkylation sites (N-methyl/N-ethyl adjacent to an activating group) is 1. The summed E-state index contributed by atoms with van der Waals surface area (Å²) in [5.74, 6) is -2.02. The number of allylic oxidation sites excluding steroid dienone is 1. The maximum atomic E-state index is 16.0. The number of ketones is 1. The SMILES string of the molecule is CC1CCC(=O)C1(COC(=O)C(C)(C)C)N(c1ccc(N[C@@H](CCc2nnn[nH]2)C(=O)O)c(F)c1)C1CCC2=C(C1)CN(C)C=N2. The van der Waals surface area contributed by atoms with E-state index in [2.05, 4.69) is 30.9 Å². The summed E-state index contributed by atoms with van der Waals surface area (Å²) in [4.78, 5) is 47.7. The fourth-order valence-electron chi connectivity index (χ4n) is 6.71. The Labute approximate surface area is 267 Å². The third kappa shape index (κ3) is 6.75. The number of Topliss-reactive ketones (excluding diaryl/α,β-unsaturated/α-hetero) is 1. The van der Waals surface area contributed by atoms with Crippen molar-refractivity contribution >= 4 is 35.4 Å². The number of carbonyl (C=O) groups excluding carboxylic acids is 2. The summed E-state index contributed by atoms with van der Waals surface area (Å²) < 4.78 is 21.9. The minimum absolute atomic E-state index is 0.0164. The van der Waals surface area contributed by atoms with Crippen LogP contribution in [0.15, 0.2) is 34.5 Å². The highest BCUT2D eigenvalue weighted by Crippen LogP contribution is 2.46. The molecule has 1 aromatic carbocycles. The first-order valence-corrected chi connectivity index (χ1v) is 15.8. The van der Waals surface area contributed by atoms with Crippen LogP contribution in [0, 0.1) is 17.2 Å². The minimum atomic E-state index is -1.20. The summed E-state index contributed by atoms with van der Waals surface area (Å²) in [6.07, 6.45) is 5.11. The summed E-state index contributed by atoms with van der Waals surface area (Å²) in [7, 11) is 1.96. The number of carboxylic acid groups (broad SMARTS) is 1. The molecule has 2 aromatic rings. The summed E-state index contributed by atoms with van der Waals surface area (Å²) >= 11 is 0. The highest BCUT2D eigenvalue weighted by Gasteiger charge is 2.55. The molecule has 1 fully saturated rings. The van der Waals surface area contributed by atoms with Crippen LogP contribution in [-0.2, 0) is 25.5 Å². The molecule has 248 valence electrons. The normalized spacial score (nSPS) is 23.7. The van der Waals surface area contributed by atoms with E-state index in [0.29, 0.717) is 50.2 Å². The van der Waals surface area contributed by atoms with Gasteiger partial charge in [-0.25, -0.2) is 19.3 Å². The van der Waals surface area contributed by atoms with Crippen molar-refractivity contribution in [2.24, 2.45) is 16.3 Å². The Morgan fingerprint density at radius 3 is 2.70 bits per heavy atom. The Morgan fingerprint density at radius 2 is 2.07 bits per heavy atom. The van der Waals surface area contributed by atoms with Crippen LogP contribution in [0.3, 0.4) is 0 Å². The Morgan fingerprint density at radius 1 is 1.28 bits per heavy atom. The number of hydrogen-bond donors (Lipinski definition) is 3. The lowest BCUT2D eigenvalue weighted by atomic mass is 9.80. The van der Waals surface area contributed by atoms with Crippen molar-refractivity contribution in [1.82, 2.24) is 25.5 Å². The van der Waals surface area contributed by atoms with Crippen LogP contribution < -0.4 is 10.2 Å². The zero-order valence-electron chi connectivity index (χ0n) is 27.0. The molecule has 1 aliphatic heterocycles. The van der Waals surface area contributed by atoms with Gasteiger partial charge in [-0.1, -0.05) is 6.92 Å². The lowest BCUT2D eigenvalue weighted by Crippen LogP contribution is -2.63. The molecule has 0 amide bonds. The number of esters is 1. The first-order valence-electron chi connectivity index (χ1n) is 15.8. The van der Waals surface area contributed by atoms with Crippen LogP contribution >= 0.6 is 0 Å². The van der Waals surface area contributed by atoms with E-state index in [1.54, 1.807) is 26.8 Å². The Balaban J connectivity index is 1.51. The molecule has 1 saturated carbocycles. The van der Waals surface area contributed by atoms with E-state index >= 15 is 4.39 Å². The molecule has 2 heterocycles. The van der Waals surface area contributed by atoms with E-state index in [4.69, 9.17) is 4.74 Å². The van der Waals surface area contributed by atoms with Crippen molar-refractivity contribution in [2.45, 2.75) is 90.3 Å². The molecule has 14 heteroatoms. The van der Waals surface area contributed by atoms with E-state index in [1.807, 2.05) is 30.1 Å². The van der Waals surface area contributed by atoms with Crippen molar-refractivity contribution in [3.63, 3.8) is 0 Å². The number of carboxylic acids is 1. The van der Waals surface area contributed by atoms with Gasteiger partial charge in [-0.15, -0.1) is 5.10 Å². The van der Waals surface area contributed by atoms with Gasteiger partial charge in [0, 0.05) is 43.9 Å². The van der Waals surface area contributed by atoms with E-state index < -0.39 is 34.8 Å². The minimum Gasteiger partial charge on any atom is -0.480 e. The molecule has 0 bridgehead atoms. The predicted molar refractivity (Wildman–Crippen MR) is 169 cm³/mol. The Bertz CT molecular complexity index is 1520. The number of benzene rings is 1. The van der Waals surface area contributed by atoms with Gasteiger partial charge in [0.05, 0.1) is 17.4 Å². The van der Waals surface area contributed by atoms with Crippen molar-refractivity contribution in [1.29, 1.82) is 0 Å². The van der Waals surface area contributed by atoms with Gasteiger partial charge in [0.25, 0.3) is 0 Å². The van der Waals surface area contributed by atoms with Gasteiger partial charge in [0.15, 0.2) is 5.78 Å². The number of H-pyrrole nitrogens is 1. The number of aliphatic carboxylic acids is 1. The lowest BCUT2D eigenvalue weighted by molar-refractivity contribution is -0.156. The van der Waals surface area contributed by atoms with Crippen LogP contribution in [0.4, 0.5) is 15.8 Å². The average Bonchev–Trinajstić information content (AvgIpc) is 3.62. The quantitative estimate of drug-likeness (QED) is 0.307. The molecule has 0 spiro atoms. The molecule has 46 heavy (non-hydrogen) atoms. The summed E-state index contributed by atoms with van der Waals surface area (Å²) in [5.41, 5.74) is 0.719. The fourth-order valence-corrected chi connectivity index (χ4v) is 6.71. The molecule has 5 rings (SSSR count). The van der Waals surface area contributed by atoms with E-state index in [-0.39, 0.29) is 42.9 Å². The van der Waals surface area contributed by atoms with E-state index in [1.165, 1.54) is 12.1 Å². The number of nitrogens with one attached hydrogen (secondary N) is 2. The number of hydrogen-bond acceptors (Lipinski definition) is 11. The van der Waals surface area contributed by atoms with Gasteiger partial charge >= 0.3 is 11.9 Å². The highest BCUT2D eigenvalue weighted by atomic mass is 19.1. The molecule has 4 atom stereocenters. The average molecular weight is 639 g/mol. The number of aromatic nitrogens is 4. The van der Waals surface area contributed by atoms with Crippen LogP contribution in [0.1, 0.15) is 72.0 Å². The second-order valence-electron chi connectivity index (χ2n) is 13.7. The number of aromatic amines is 1. The first-order chi connectivity index (χ1) is 21.8. The number of halogens is 1. The molecule has 3 N–H and O–H groups in total. The van der Waals surface area contributed by atoms with Crippen molar-refractivity contribution < 1.29 is 28.6 Å². The van der Waals surface area contributed by atoms with Gasteiger partial charge in [-0.2, -0.15) is 0 Å². The maximum Gasteiger partial charge on any atom is 0.326 e. The number of carbonyl (C=O) groups is 3. The summed E-state index contributed by atoms with van der Waals surface area (Å²) in [6, 6.07) is 3.27. The molecule has 3 unspecified atom stereocenters. The molecule has 2 aliphatic carbocycles. The molecule has 0 saturated heterocycles. The molecular formula is C32H43FN8O5. The van der Waals surface area contributed by atoms with Crippen LogP contribution in [-0.4, -0.2) is 92.5 Å². The lowest BCUT2D eigenvalue weighted by Gasteiger charge is -2.50. The van der Waals surface area contributed by atoms with Gasteiger partial charge in [-0.05, 0) is 93.0 Å². The second kappa shape index (κ2) is 13.2. The van der Waals surface area contributed by atoms with Crippen molar-refractivity contribution in [3.05, 3.63) is 41.1 Å². The second-order valence-corrected chi connectivity index (χ2v) is 13.7. The number of anilines is 2. The predicted octanol–water partition coefficient (Wildman–Crippen LogP) is 3.75. The topological polar surface area (TPSA) is 166 Å². The van der Waals surface area contributed by atoms with Crippen LogP contribution in [0.25, 0.3) is 0 Å². The van der Waals surface area contributed by atoms with E-state index in [9.17, 15) is 19.5 Å². The molecular weight excluding hydrogens is 595 g/mol. The monoisotopic (exact) mass is 638 g/mol. The number of aliphatic imine (C=N–C) groups is 1. The summed E-state index contributed by atoms with van der Waals surface area (Å²) in [5, 5.41) is 26.0. The number of ether oxygens (including phenoxy) is 1. The van der Waals surface area contributed by atoms with Gasteiger partial charge in [-0.3, -0.25) is 9.59 Å². The molecule has 13 nitrogen and oxygen atoms in total. The number of nitrogens with zero attached hydrogens (tertiary/aromatic N) is 6. The largest absolute Gasteiger partial charge is 0.480 e. The molecule has 1 aromatic heterocycles. The summed E-state index contributed by atoms with van der Waals surface area (Å²) in [6.45, 7) is 7.84. The van der Waals surface area contributed by atoms with Gasteiger partial charge in [0.2, 0.25) is 0 Å². The van der Waals surface area contributed by atoms with Crippen molar-refractivity contribution in [2.75, 3.05) is 30.4 Å². The number of rotatable bonds is 11. The standard InChI is InChI=1S/C32H43FN8O5/c1-19-6-12-27(42)32(19,17-46-30(45)31(2,3)4)41(21-7-9-24-20(14-21)16-40(5)18-34-24)22-8-10-25(23(33)15-22)35-26(29(43)44)11-13-28-36-38-39-37-28/h8,10,15,18-19,21,26,35H,6-7,9,11-14,16-17H2,1-5H3,(H,43,44)(H,36,37,38,39)/t19?,21?,26-,32?/m0/s1. The molecule has 3 aliphatic rings. The Hall–Kier alpha value is -4.36. The third-order valence-corrected chi connectivity index (χ3v) is 9.31. The van der Waals surface area contributed by atoms with Gasteiger partial charge < -0.3 is 25.0 Å². The third-order valence-electron chi connectivity index (χ3n) is 9.31. The van der Waals surface area contributed by atoms with Gasteiger partial charge in [0.1, 0.15) is 29.8 Å². The smallest absolute Gasteiger partial charge is 0.326 e. The zero-order valence-corrected chi connectivity index (χ0v) is 27.0. The number of tetrazole rings is 1. The van der Waals surface area contributed by atoms with Crippen LogP contribution in [0.5, 0.6) is 0 Å². The molecule has 0 radical (unpaired) electrons. The first kappa shape index (κ1) is 33.0. The number of aryl methyl sites for hydroxylation is 1. The zero-order chi connectivity index (χ0) is 33.2. The van der Waals surface area contributed by atoms with E-state index in [0.717, 1.165) is 11.3 Å². The fraction of sp³-hybridized carbons (Fsp3) is 0.594. The van der Waals surface area contributed by atoms with Crippen molar-refractivity contribution in [3.8, 4) is 0 Å². The van der Waals surface area contributed by atoms with Crippen LogP contribution in [0.2, 0.25) is 0 Å². The maximum absolute atomic E-state index is 16.0.